The van der Waals surface area contributed by atoms with Crippen LogP contribution in [0.1, 0.15) is 5.82 Å². The van der Waals surface area contributed by atoms with Crippen molar-refractivity contribution in [2.75, 3.05) is 19.0 Å². The Kier molecular flexibility index (Phi) is 4.86. The molecule has 0 unspecified atom stereocenters. The highest BCUT2D eigenvalue weighted by Gasteiger charge is 2.03. The van der Waals surface area contributed by atoms with Crippen LogP contribution in [0.4, 0.5) is 5.69 Å². The first kappa shape index (κ1) is 16.1. The Balaban J connectivity index is 1.58. The molecule has 2 aromatic carbocycles. The first-order valence-electron chi connectivity index (χ1n) is 7.50. The Labute approximate surface area is 144 Å². The van der Waals surface area contributed by atoms with Crippen molar-refractivity contribution in [1.82, 2.24) is 9.97 Å². The van der Waals surface area contributed by atoms with Crippen molar-refractivity contribution in [3.63, 3.8) is 0 Å². The summed E-state index contributed by atoms with van der Waals surface area (Å²) in [5.74, 6) is 1.83. The fourth-order valence-electron chi connectivity index (χ4n) is 2.34. The number of benzene rings is 2. The summed E-state index contributed by atoms with van der Waals surface area (Å²) in [6.45, 7) is 0.530. The first-order chi connectivity index (χ1) is 11.7. The molecule has 1 aromatic heterocycles. The van der Waals surface area contributed by atoms with Gasteiger partial charge < -0.3 is 20.8 Å². The second kappa shape index (κ2) is 7.23. The molecule has 3 rings (SSSR count). The summed E-state index contributed by atoms with van der Waals surface area (Å²) < 4.78 is 5.11. The smallest absolute Gasteiger partial charge is 0.193 e. The second-order valence-corrected chi connectivity index (χ2v) is 5.60. The quantitative estimate of drug-likeness (QED) is 0.490. The monoisotopic (exact) mass is 343 g/mol. The number of imidazole rings is 1. The number of rotatable bonds is 5. The van der Waals surface area contributed by atoms with Gasteiger partial charge in [-0.3, -0.25) is 4.99 Å². The number of ether oxygens (including phenoxy) is 1. The van der Waals surface area contributed by atoms with Crippen molar-refractivity contribution < 1.29 is 4.74 Å². The average Bonchev–Trinajstić information content (AvgIpc) is 2.97. The van der Waals surface area contributed by atoms with E-state index in [0.29, 0.717) is 29.7 Å². The lowest BCUT2D eigenvalue weighted by atomic mass is 10.3. The van der Waals surface area contributed by atoms with Crippen molar-refractivity contribution in [2.24, 2.45) is 10.7 Å². The first-order valence-corrected chi connectivity index (χ1v) is 7.87. The summed E-state index contributed by atoms with van der Waals surface area (Å²) in [6.07, 6.45) is 0.681. The molecule has 24 heavy (non-hydrogen) atoms. The van der Waals surface area contributed by atoms with Gasteiger partial charge in [-0.1, -0.05) is 23.7 Å². The molecule has 0 bridgehead atoms. The number of aromatic nitrogens is 2. The molecule has 1 heterocycles. The van der Waals surface area contributed by atoms with Crippen LogP contribution in [0, 0.1) is 0 Å². The van der Waals surface area contributed by atoms with Gasteiger partial charge in [0.2, 0.25) is 0 Å². The van der Waals surface area contributed by atoms with Gasteiger partial charge in [0.05, 0.1) is 23.2 Å². The Bertz CT molecular complexity index is 841. The minimum atomic E-state index is 0.326. The number of H-pyrrole nitrogens is 1. The van der Waals surface area contributed by atoms with E-state index in [-0.39, 0.29) is 0 Å². The van der Waals surface area contributed by atoms with Gasteiger partial charge >= 0.3 is 0 Å². The molecular formula is C17H18ClN5O. The molecule has 0 aliphatic rings. The Morgan fingerprint density at radius 3 is 2.92 bits per heavy atom. The van der Waals surface area contributed by atoms with Gasteiger partial charge in [0.1, 0.15) is 11.6 Å². The molecule has 7 heteroatoms. The maximum atomic E-state index is 6.08. The zero-order valence-corrected chi connectivity index (χ0v) is 14.0. The largest absolute Gasteiger partial charge is 0.495 e. The fourth-order valence-corrected chi connectivity index (χ4v) is 2.60. The van der Waals surface area contributed by atoms with Crippen LogP contribution >= 0.6 is 11.6 Å². The molecule has 0 saturated carbocycles. The van der Waals surface area contributed by atoms with Crippen LogP contribution in [0.2, 0.25) is 5.02 Å². The van der Waals surface area contributed by atoms with Crippen molar-refractivity contribution in [1.29, 1.82) is 0 Å². The summed E-state index contributed by atoms with van der Waals surface area (Å²) >= 11 is 6.08. The summed E-state index contributed by atoms with van der Waals surface area (Å²) in [7, 11) is 1.57. The van der Waals surface area contributed by atoms with Crippen LogP contribution < -0.4 is 15.8 Å². The Hall–Kier alpha value is -2.73. The van der Waals surface area contributed by atoms with Gasteiger partial charge in [-0.25, -0.2) is 4.98 Å². The number of aliphatic imine (C=N–C) groups is 1. The topological polar surface area (TPSA) is 88.3 Å². The lowest BCUT2D eigenvalue weighted by molar-refractivity contribution is 0.415. The van der Waals surface area contributed by atoms with E-state index < -0.39 is 0 Å². The van der Waals surface area contributed by atoms with E-state index in [1.807, 2.05) is 30.3 Å². The SMILES string of the molecule is COc1ccc(NC(N)=NCCc2nc3ccccc3[nH]2)cc1Cl. The lowest BCUT2D eigenvalue weighted by Gasteiger charge is -2.08. The third-order valence-electron chi connectivity index (χ3n) is 3.49. The number of fused-ring (bicyclic) bond motifs is 1. The van der Waals surface area contributed by atoms with E-state index in [4.69, 9.17) is 22.1 Å². The molecule has 4 N–H and O–H groups in total. The van der Waals surface area contributed by atoms with Crippen LogP contribution in [0.15, 0.2) is 47.5 Å². The Morgan fingerprint density at radius 1 is 1.33 bits per heavy atom. The molecule has 0 amide bonds. The van der Waals surface area contributed by atoms with Crippen LogP contribution in [0.3, 0.4) is 0 Å². The zero-order chi connectivity index (χ0) is 16.9. The number of aromatic amines is 1. The number of nitrogens with two attached hydrogens (primary N) is 1. The minimum Gasteiger partial charge on any atom is -0.495 e. The number of nitrogens with zero attached hydrogens (tertiary/aromatic N) is 2. The second-order valence-electron chi connectivity index (χ2n) is 5.19. The zero-order valence-electron chi connectivity index (χ0n) is 13.2. The third kappa shape index (κ3) is 3.78. The number of hydrogen-bond acceptors (Lipinski definition) is 3. The molecular weight excluding hydrogens is 326 g/mol. The molecule has 0 atom stereocenters. The molecule has 0 spiro atoms. The number of nitrogens with one attached hydrogen (secondary N) is 2. The van der Waals surface area contributed by atoms with Crippen LogP contribution in [-0.2, 0) is 6.42 Å². The van der Waals surface area contributed by atoms with Crippen molar-refractivity contribution in [3.8, 4) is 5.75 Å². The summed E-state index contributed by atoms with van der Waals surface area (Å²) in [5, 5.41) is 3.52. The minimum absolute atomic E-state index is 0.326. The number of guanidine groups is 1. The van der Waals surface area contributed by atoms with Gasteiger partial charge in [0.25, 0.3) is 0 Å². The van der Waals surface area contributed by atoms with Crippen LogP contribution in [0.5, 0.6) is 5.75 Å². The van der Waals surface area contributed by atoms with Crippen molar-refractivity contribution >= 4 is 34.3 Å². The van der Waals surface area contributed by atoms with Gasteiger partial charge in [0.15, 0.2) is 5.96 Å². The highest BCUT2D eigenvalue weighted by atomic mass is 35.5. The molecule has 0 radical (unpaired) electrons. The molecule has 0 aliphatic heterocycles. The van der Waals surface area contributed by atoms with Crippen molar-refractivity contribution in [3.05, 3.63) is 53.3 Å². The number of methoxy groups -OCH3 is 1. The number of halogens is 1. The lowest BCUT2D eigenvalue weighted by Crippen LogP contribution is -2.23. The normalized spacial score (nSPS) is 11.7. The number of hydrogen-bond donors (Lipinski definition) is 3. The Morgan fingerprint density at radius 2 is 2.17 bits per heavy atom. The molecule has 6 nitrogen and oxygen atoms in total. The standard InChI is InChI=1S/C17H18ClN5O/c1-24-15-7-6-11(10-12(15)18)21-17(19)20-9-8-16-22-13-4-2-3-5-14(13)23-16/h2-7,10H,8-9H2,1H3,(H,22,23)(H3,19,20,21). The van der Waals surface area contributed by atoms with E-state index in [9.17, 15) is 0 Å². The maximum Gasteiger partial charge on any atom is 0.193 e. The molecule has 0 fully saturated rings. The predicted octanol–water partition coefficient (Wildman–Crippen LogP) is 3.19. The molecule has 0 saturated heterocycles. The van der Waals surface area contributed by atoms with Crippen LogP contribution in [0.25, 0.3) is 11.0 Å². The van der Waals surface area contributed by atoms with Gasteiger partial charge in [-0.05, 0) is 30.3 Å². The van der Waals surface area contributed by atoms with Crippen molar-refractivity contribution in [2.45, 2.75) is 6.42 Å². The predicted molar refractivity (Wildman–Crippen MR) is 97.9 cm³/mol. The highest BCUT2D eigenvalue weighted by Crippen LogP contribution is 2.27. The van der Waals surface area contributed by atoms with E-state index in [1.165, 1.54) is 0 Å². The average molecular weight is 344 g/mol. The van der Waals surface area contributed by atoms with Gasteiger partial charge in [-0.2, -0.15) is 0 Å². The fraction of sp³-hybridized carbons (Fsp3) is 0.176. The molecule has 0 aliphatic carbocycles. The van der Waals surface area contributed by atoms with E-state index in [0.717, 1.165) is 22.5 Å². The molecule has 124 valence electrons. The highest BCUT2D eigenvalue weighted by molar-refractivity contribution is 6.32. The molecule has 3 aromatic rings. The van der Waals surface area contributed by atoms with Crippen LogP contribution in [-0.4, -0.2) is 29.6 Å². The maximum absolute atomic E-state index is 6.08. The number of para-hydroxylation sites is 2. The summed E-state index contributed by atoms with van der Waals surface area (Å²) in [5.41, 5.74) is 8.63. The van der Waals surface area contributed by atoms with Gasteiger partial charge in [0, 0.05) is 18.7 Å². The third-order valence-corrected chi connectivity index (χ3v) is 3.79. The summed E-state index contributed by atoms with van der Waals surface area (Å²) in [4.78, 5) is 12.1. The number of anilines is 1. The van der Waals surface area contributed by atoms with E-state index >= 15 is 0 Å². The van der Waals surface area contributed by atoms with E-state index in [2.05, 4.69) is 20.3 Å². The summed E-state index contributed by atoms with van der Waals surface area (Å²) in [6, 6.07) is 13.2. The van der Waals surface area contributed by atoms with Gasteiger partial charge in [-0.15, -0.1) is 0 Å². The van der Waals surface area contributed by atoms with E-state index in [1.54, 1.807) is 19.2 Å².